The molecule has 2 aromatic rings. The predicted octanol–water partition coefficient (Wildman–Crippen LogP) is 2.18. The summed E-state index contributed by atoms with van der Waals surface area (Å²) in [7, 11) is -2.87. The number of carbonyl (C=O) groups excluding carboxylic acids is 1. The molecule has 2 heterocycles. The summed E-state index contributed by atoms with van der Waals surface area (Å²) in [6.45, 7) is 1.35. The van der Waals surface area contributed by atoms with E-state index < -0.39 is 53.1 Å². The Morgan fingerprint density at radius 1 is 0.969 bits per heavy atom. The molecule has 2 saturated heterocycles. The van der Waals surface area contributed by atoms with Gasteiger partial charge < -0.3 is 23.7 Å². The van der Waals surface area contributed by atoms with E-state index in [1.54, 1.807) is 18.2 Å². The third-order valence-electron chi connectivity index (χ3n) is 5.16. The topological polar surface area (TPSA) is 107 Å². The molecule has 2 aliphatic rings. The molecule has 2 aliphatic heterocycles. The second kappa shape index (κ2) is 9.65. The van der Waals surface area contributed by atoms with Crippen molar-refractivity contribution in [2.75, 3.05) is 13.7 Å². The molecule has 0 bridgehead atoms. The average Bonchev–Trinajstić information content (AvgIpc) is 2.81. The van der Waals surface area contributed by atoms with Crippen LogP contribution >= 0.6 is 0 Å². The number of benzene rings is 2. The van der Waals surface area contributed by atoms with Crippen LogP contribution in [0.5, 0.6) is 0 Å². The summed E-state index contributed by atoms with van der Waals surface area (Å²) in [5.74, 6) is -0.623. The van der Waals surface area contributed by atoms with Crippen LogP contribution in [0.4, 0.5) is 0 Å². The van der Waals surface area contributed by atoms with Crippen LogP contribution < -0.4 is 0 Å². The molecule has 9 nitrogen and oxygen atoms in total. The summed E-state index contributed by atoms with van der Waals surface area (Å²) >= 11 is 0. The average molecular weight is 464 g/mol. The van der Waals surface area contributed by atoms with E-state index in [-0.39, 0.29) is 11.5 Å². The number of carbonyl (C=O) groups is 1. The Balaban J connectivity index is 1.64. The van der Waals surface area contributed by atoms with Crippen molar-refractivity contribution >= 4 is 16.1 Å². The molecule has 0 spiro atoms. The van der Waals surface area contributed by atoms with Gasteiger partial charge in [0.15, 0.2) is 24.8 Å². The summed E-state index contributed by atoms with van der Waals surface area (Å²) in [5.41, 5.74) is 0.760. The first kappa shape index (κ1) is 22.8. The first-order valence-electron chi connectivity index (χ1n) is 10.0. The highest BCUT2D eigenvalue weighted by Crippen LogP contribution is 2.37. The number of esters is 1. The summed E-state index contributed by atoms with van der Waals surface area (Å²) in [4.78, 5) is 11.9. The van der Waals surface area contributed by atoms with Gasteiger partial charge in [-0.2, -0.15) is 8.42 Å². The Morgan fingerprint density at radius 2 is 1.62 bits per heavy atom. The smallest absolute Gasteiger partial charge is 0.303 e. The quantitative estimate of drug-likeness (QED) is 0.470. The van der Waals surface area contributed by atoms with E-state index in [4.69, 9.17) is 27.9 Å². The van der Waals surface area contributed by atoms with Crippen molar-refractivity contribution in [1.82, 2.24) is 0 Å². The fourth-order valence-corrected chi connectivity index (χ4v) is 4.83. The summed E-state index contributed by atoms with van der Waals surface area (Å²) in [6.07, 6.45) is -5.82. The third kappa shape index (κ3) is 4.85. The Bertz CT molecular complexity index is 1010. The zero-order valence-corrected chi connectivity index (χ0v) is 18.3. The number of fused-ring (bicyclic) bond motifs is 1. The minimum Gasteiger partial charge on any atom is -0.457 e. The molecule has 4 unspecified atom stereocenters. The lowest BCUT2D eigenvalue weighted by atomic mass is 9.97. The van der Waals surface area contributed by atoms with Crippen molar-refractivity contribution in [3.63, 3.8) is 0 Å². The van der Waals surface area contributed by atoms with Crippen molar-refractivity contribution < 1.29 is 41.1 Å². The Kier molecular flexibility index (Phi) is 6.89. The molecule has 2 fully saturated rings. The van der Waals surface area contributed by atoms with E-state index in [1.165, 1.54) is 26.2 Å². The molecule has 6 atom stereocenters. The third-order valence-corrected chi connectivity index (χ3v) is 6.48. The van der Waals surface area contributed by atoms with Crippen LogP contribution in [0.15, 0.2) is 65.6 Å². The predicted molar refractivity (Wildman–Crippen MR) is 110 cm³/mol. The normalized spacial score (nSPS) is 30.3. The Labute approximate surface area is 186 Å². The molecular formula is C22H24O9S. The van der Waals surface area contributed by atoms with Crippen LogP contribution in [0.1, 0.15) is 18.8 Å². The van der Waals surface area contributed by atoms with Crippen LogP contribution in [0, 0.1) is 0 Å². The first-order chi connectivity index (χ1) is 15.4. The second-order valence-corrected chi connectivity index (χ2v) is 8.93. The van der Waals surface area contributed by atoms with Crippen molar-refractivity contribution in [1.29, 1.82) is 0 Å². The molecule has 172 valence electrons. The van der Waals surface area contributed by atoms with E-state index in [9.17, 15) is 13.2 Å². The molecule has 0 aromatic heterocycles. The standard InChI is InChI=1S/C22H24O9S/c1-14(23)28-19-18-17(13-27-21(30-18)15-9-5-3-6-10-15)29-22(26-2)20(19)31-32(24,25)16-11-7-4-8-12-16/h3-12,17-22H,13H2,1-2H3/t17?,18?,19-,20-,21?,22?/m1/s1. The minimum atomic E-state index is -4.21. The van der Waals surface area contributed by atoms with Crippen LogP contribution in [-0.4, -0.2) is 58.8 Å². The molecular weight excluding hydrogens is 440 g/mol. The van der Waals surface area contributed by atoms with Gasteiger partial charge in [0.1, 0.15) is 12.2 Å². The number of hydrogen-bond donors (Lipinski definition) is 0. The lowest BCUT2D eigenvalue weighted by Gasteiger charge is -2.47. The largest absolute Gasteiger partial charge is 0.457 e. The molecule has 32 heavy (non-hydrogen) atoms. The molecule has 10 heteroatoms. The molecule has 0 aliphatic carbocycles. The van der Waals surface area contributed by atoms with Gasteiger partial charge in [-0.05, 0) is 12.1 Å². The Hall–Kier alpha value is -2.34. The fourth-order valence-electron chi connectivity index (χ4n) is 3.73. The summed E-state index contributed by atoms with van der Waals surface area (Å²) in [5, 5.41) is 0. The SMILES string of the molecule is COC1OC2COC(c3ccccc3)OC2[C@@H](OC(C)=O)[C@H]1OS(=O)(=O)c1ccccc1. The highest BCUT2D eigenvalue weighted by atomic mass is 32.2. The maximum absolute atomic E-state index is 12.9. The number of ether oxygens (including phenoxy) is 5. The second-order valence-electron chi connectivity index (χ2n) is 7.36. The highest BCUT2D eigenvalue weighted by Gasteiger charge is 2.54. The monoisotopic (exact) mass is 464 g/mol. The van der Waals surface area contributed by atoms with Gasteiger partial charge in [0, 0.05) is 19.6 Å². The van der Waals surface area contributed by atoms with Crippen LogP contribution in [-0.2, 0) is 42.8 Å². The van der Waals surface area contributed by atoms with Crippen molar-refractivity contribution in [3.05, 3.63) is 66.2 Å². The molecule has 2 aromatic carbocycles. The van der Waals surface area contributed by atoms with E-state index in [0.717, 1.165) is 5.56 Å². The van der Waals surface area contributed by atoms with Crippen LogP contribution in [0.2, 0.25) is 0 Å². The lowest BCUT2D eigenvalue weighted by molar-refractivity contribution is -0.355. The Morgan fingerprint density at radius 3 is 2.25 bits per heavy atom. The number of rotatable bonds is 6. The molecule has 0 saturated carbocycles. The van der Waals surface area contributed by atoms with Gasteiger partial charge in [-0.1, -0.05) is 48.5 Å². The molecule has 4 rings (SSSR count). The van der Waals surface area contributed by atoms with E-state index in [1.807, 2.05) is 30.3 Å². The van der Waals surface area contributed by atoms with Gasteiger partial charge in [-0.25, -0.2) is 0 Å². The number of hydrogen-bond acceptors (Lipinski definition) is 9. The van der Waals surface area contributed by atoms with Gasteiger partial charge in [0.2, 0.25) is 0 Å². The van der Waals surface area contributed by atoms with E-state index in [2.05, 4.69) is 0 Å². The van der Waals surface area contributed by atoms with Gasteiger partial charge in [0.05, 0.1) is 11.5 Å². The lowest BCUT2D eigenvalue weighted by Crippen LogP contribution is -2.64. The summed E-state index contributed by atoms with van der Waals surface area (Å²) < 4.78 is 59.9. The van der Waals surface area contributed by atoms with E-state index in [0.29, 0.717) is 0 Å². The molecule has 0 radical (unpaired) electrons. The fraction of sp³-hybridized carbons (Fsp3) is 0.409. The van der Waals surface area contributed by atoms with Crippen LogP contribution in [0.3, 0.4) is 0 Å². The van der Waals surface area contributed by atoms with Gasteiger partial charge in [-0.15, -0.1) is 0 Å². The maximum Gasteiger partial charge on any atom is 0.303 e. The zero-order chi connectivity index (χ0) is 22.7. The van der Waals surface area contributed by atoms with E-state index >= 15 is 0 Å². The summed E-state index contributed by atoms with van der Waals surface area (Å²) in [6, 6.07) is 16.9. The number of methoxy groups -OCH3 is 1. The zero-order valence-electron chi connectivity index (χ0n) is 17.5. The maximum atomic E-state index is 12.9. The van der Waals surface area contributed by atoms with Gasteiger partial charge in [0.25, 0.3) is 10.1 Å². The van der Waals surface area contributed by atoms with Crippen molar-refractivity contribution in [3.8, 4) is 0 Å². The van der Waals surface area contributed by atoms with Crippen molar-refractivity contribution in [2.45, 2.75) is 48.8 Å². The van der Waals surface area contributed by atoms with Crippen molar-refractivity contribution in [2.24, 2.45) is 0 Å². The first-order valence-corrected chi connectivity index (χ1v) is 11.5. The highest BCUT2D eigenvalue weighted by molar-refractivity contribution is 7.86. The van der Waals surface area contributed by atoms with Gasteiger partial charge >= 0.3 is 5.97 Å². The van der Waals surface area contributed by atoms with Gasteiger partial charge in [-0.3, -0.25) is 8.98 Å². The molecule has 0 N–H and O–H groups in total. The molecule has 0 amide bonds. The van der Waals surface area contributed by atoms with Crippen LogP contribution in [0.25, 0.3) is 0 Å². The minimum absolute atomic E-state index is 0.0476.